The highest BCUT2D eigenvalue weighted by Gasteiger charge is 2.36. The van der Waals surface area contributed by atoms with Gasteiger partial charge in [0.15, 0.2) is 0 Å². The number of nitrogens with zero attached hydrogens (tertiary/aromatic N) is 3. The molecule has 4 nitrogen and oxygen atoms in total. The fourth-order valence-corrected chi connectivity index (χ4v) is 5.77. The Morgan fingerprint density at radius 1 is 0.933 bits per heavy atom. The molecule has 0 spiro atoms. The summed E-state index contributed by atoms with van der Waals surface area (Å²) in [4.78, 5) is 5.05. The molecule has 0 radical (unpaired) electrons. The Balaban J connectivity index is 0.00000256. The van der Waals surface area contributed by atoms with Gasteiger partial charge in [-0.2, -0.15) is 0 Å². The lowest BCUT2D eigenvalue weighted by Gasteiger charge is -2.46. The summed E-state index contributed by atoms with van der Waals surface area (Å²) in [7, 11) is 4.68. The van der Waals surface area contributed by atoms with E-state index in [1.807, 2.05) is 17.8 Å². The molecule has 2 aliphatic heterocycles. The molecule has 0 amide bonds. The average molecular weight is 561 g/mol. The van der Waals surface area contributed by atoms with Crippen LogP contribution < -0.4 is 28.9 Å². The summed E-state index contributed by atoms with van der Waals surface area (Å²) < 4.78 is 2.14. The molecule has 164 valence electrons. The van der Waals surface area contributed by atoms with Crippen LogP contribution in [0.25, 0.3) is 0 Å². The van der Waals surface area contributed by atoms with Gasteiger partial charge in [-0.1, -0.05) is 35.5 Å². The number of hydrogen-bond donors (Lipinski definition) is 1. The Kier molecular flexibility index (Phi) is 8.02. The number of hydrogen-bond acceptors (Lipinski definition) is 3. The number of likely N-dealkylation sites (N-methyl/N-ethyl adjacent to an activating group) is 2. The first-order valence-corrected chi connectivity index (χ1v) is 11.7. The predicted molar refractivity (Wildman–Crippen MR) is 122 cm³/mol. The van der Waals surface area contributed by atoms with Crippen LogP contribution >= 0.6 is 23.4 Å². The molecule has 7 heteroatoms. The van der Waals surface area contributed by atoms with Crippen LogP contribution in [0.5, 0.6) is 0 Å². The van der Waals surface area contributed by atoms with Crippen LogP contribution in [0.2, 0.25) is 5.02 Å². The van der Waals surface area contributed by atoms with Gasteiger partial charge in [-0.05, 0) is 30.3 Å². The standard InChI is InChI=1S/C23H32ClN3OS.HI/c1-26(12-14-27(2,15-13-26)16-17-28)11-5-10-25-20-6-3-4-7-22(20)29-23-9-8-19(24)18-21(23)25;/h3-4,6-9,18,28H,5,10-17H2,1-2H3;1H/q+2;/p-1. The number of rotatable bonds is 6. The number of anilines is 2. The van der Waals surface area contributed by atoms with Crippen molar-refractivity contribution in [3.63, 3.8) is 0 Å². The fourth-order valence-electron chi connectivity index (χ4n) is 4.53. The second kappa shape index (κ2) is 9.96. The van der Waals surface area contributed by atoms with Crippen LogP contribution in [0.15, 0.2) is 52.3 Å². The van der Waals surface area contributed by atoms with Crippen molar-refractivity contribution >= 4 is 34.7 Å². The van der Waals surface area contributed by atoms with E-state index >= 15 is 0 Å². The highest BCUT2D eigenvalue weighted by atomic mass is 127. The summed E-state index contributed by atoms with van der Waals surface area (Å²) in [6.07, 6.45) is 1.14. The molecular weight excluding hydrogens is 529 g/mol. The van der Waals surface area contributed by atoms with Crippen molar-refractivity contribution in [2.45, 2.75) is 16.2 Å². The lowest BCUT2D eigenvalue weighted by Crippen LogP contribution is -3.00. The third kappa shape index (κ3) is 5.27. The average Bonchev–Trinajstić information content (AvgIpc) is 2.71. The molecule has 0 unspecified atom stereocenters. The van der Waals surface area contributed by atoms with Gasteiger partial charge in [-0.25, -0.2) is 0 Å². The smallest absolute Gasteiger partial charge is 0.129 e. The van der Waals surface area contributed by atoms with Crippen molar-refractivity contribution in [3.8, 4) is 0 Å². The molecule has 0 aliphatic carbocycles. The molecule has 30 heavy (non-hydrogen) atoms. The van der Waals surface area contributed by atoms with E-state index in [1.165, 1.54) is 40.8 Å². The van der Waals surface area contributed by atoms with E-state index in [9.17, 15) is 5.11 Å². The summed E-state index contributed by atoms with van der Waals surface area (Å²) in [6.45, 7) is 8.02. The highest BCUT2D eigenvalue weighted by molar-refractivity contribution is 7.99. The lowest BCUT2D eigenvalue weighted by molar-refractivity contribution is -1.02. The molecule has 2 aliphatic rings. The van der Waals surface area contributed by atoms with E-state index in [4.69, 9.17) is 11.6 Å². The van der Waals surface area contributed by atoms with Crippen molar-refractivity contribution < 1.29 is 38.0 Å². The minimum absolute atomic E-state index is 0. The Labute approximate surface area is 207 Å². The maximum atomic E-state index is 9.34. The number of quaternary nitrogens is 2. The SMILES string of the molecule is C[N+]1(CCO)CC[N+](C)(CCCN2c3ccccc3Sc3ccc(Cl)cc32)CC1.[I-]. The van der Waals surface area contributed by atoms with Gasteiger partial charge in [0, 0.05) is 27.8 Å². The minimum atomic E-state index is 0. The van der Waals surface area contributed by atoms with Crippen LogP contribution in [-0.2, 0) is 0 Å². The normalized spacial score (nSPS) is 25.3. The van der Waals surface area contributed by atoms with Gasteiger partial charge in [0.1, 0.15) is 32.7 Å². The molecule has 0 aromatic heterocycles. The van der Waals surface area contributed by atoms with E-state index in [1.54, 1.807) is 0 Å². The van der Waals surface area contributed by atoms with Gasteiger partial charge in [0.2, 0.25) is 0 Å². The highest BCUT2D eigenvalue weighted by Crippen LogP contribution is 2.48. The van der Waals surface area contributed by atoms with Crippen LogP contribution in [-0.4, -0.2) is 80.6 Å². The number of para-hydroxylation sites is 1. The van der Waals surface area contributed by atoms with E-state index in [2.05, 4.69) is 55.4 Å². The third-order valence-electron chi connectivity index (χ3n) is 6.67. The molecule has 2 aromatic carbocycles. The molecule has 0 saturated carbocycles. The summed E-state index contributed by atoms with van der Waals surface area (Å²) in [6, 6.07) is 14.9. The van der Waals surface area contributed by atoms with Crippen molar-refractivity contribution in [1.29, 1.82) is 0 Å². The molecule has 1 saturated heterocycles. The van der Waals surface area contributed by atoms with Gasteiger partial charge in [0.05, 0.1) is 38.6 Å². The summed E-state index contributed by atoms with van der Waals surface area (Å²) in [5.41, 5.74) is 2.52. The second-order valence-electron chi connectivity index (χ2n) is 8.99. The van der Waals surface area contributed by atoms with Gasteiger partial charge in [0.25, 0.3) is 0 Å². The second-order valence-corrected chi connectivity index (χ2v) is 10.5. The summed E-state index contributed by atoms with van der Waals surface area (Å²) >= 11 is 8.17. The molecule has 0 atom stereocenters. The molecule has 1 fully saturated rings. The first-order chi connectivity index (χ1) is 13.9. The maximum Gasteiger partial charge on any atom is 0.129 e. The Morgan fingerprint density at radius 3 is 2.27 bits per heavy atom. The number of fused-ring (bicyclic) bond motifs is 2. The van der Waals surface area contributed by atoms with E-state index in [0.29, 0.717) is 0 Å². The summed E-state index contributed by atoms with van der Waals surface area (Å²) in [5.74, 6) is 0. The lowest BCUT2D eigenvalue weighted by atomic mass is 10.1. The Hall–Kier alpha value is -0.510. The van der Waals surface area contributed by atoms with E-state index in [-0.39, 0.29) is 30.6 Å². The zero-order valence-electron chi connectivity index (χ0n) is 17.9. The van der Waals surface area contributed by atoms with Gasteiger partial charge in [-0.15, -0.1) is 0 Å². The minimum Gasteiger partial charge on any atom is -1.00 e. The molecule has 0 bridgehead atoms. The largest absolute Gasteiger partial charge is 1.00 e. The van der Waals surface area contributed by atoms with Gasteiger partial charge in [-0.3, -0.25) is 0 Å². The van der Waals surface area contributed by atoms with Crippen molar-refractivity contribution in [2.75, 3.05) is 71.4 Å². The predicted octanol–water partition coefficient (Wildman–Crippen LogP) is 1.24. The Bertz CT molecular complexity index is 873. The molecule has 2 heterocycles. The zero-order valence-corrected chi connectivity index (χ0v) is 21.6. The molecular formula is C23H32ClIN3OS+. The van der Waals surface area contributed by atoms with E-state index < -0.39 is 0 Å². The zero-order chi connectivity index (χ0) is 20.5. The summed E-state index contributed by atoms with van der Waals surface area (Å²) in [5, 5.41) is 10.1. The topological polar surface area (TPSA) is 23.5 Å². The molecule has 2 aromatic rings. The number of benzene rings is 2. The first kappa shape index (κ1) is 24.1. The number of piperazine rings is 1. The van der Waals surface area contributed by atoms with Crippen molar-refractivity contribution in [2.24, 2.45) is 0 Å². The third-order valence-corrected chi connectivity index (χ3v) is 8.03. The van der Waals surface area contributed by atoms with Gasteiger partial charge >= 0.3 is 0 Å². The quantitative estimate of drug-likeness (QED) is 0.425. The van der Waals surface area contributed by atoms with Crippen LogP contribution in [0, 0.1) is 0 Å². The first-order valence-electron chi connectivity index (χ1n) is 10.5. The Morgan fingerprint density at radius 2 is 1.57 bits per heavy atom. The van der Waals surface area contributed by atoms with Crippen LogP contribution in [0.1, 0.15) is 6.42 Å². The number of aliphatic hydroxyl groups is 1. The van der Waals surface area contributed by atoms with Crippen molar-refractivity contribution in [1.82, 2.24) is 0 Å². The number of aliphatic hydroxyl groups excluding tert-OH is 1. The van der Waals surface area contributed by atoms with Crippen LogP contribution in [0.4, 0.5) is 11.4 Å². The van der Waals surface area contributed by atoms with Gasteiger partial charge < -0.3 is 42.9 Å². The van der Waals surface area contributed by atoms with E-state index in [0.717, 1.165) is 46.6 Å². The monoisotopic (exact) mass is 560 g/mol. The van der Waals surface area contributed by atoms with Crippen molar-refractivity contribution in [3.05, 3.63) is 47.5 Å². The molecule has 1 N–H and O–H groups in total. The van der Waals surface area contributed by atoms with Crippen LogP contribution in [0.3, 0.4) is 0 Å². The fraction of sp³-hybridized carbons (Fsp3) is 0.478. The maximum absolute atomic E-state index is 9.34. The molecule has 4 rings (SSSR count). The number of halogens is 2.